The number of thiazole rings is 1. The van der Waals surface area contributed by atoms with Gasteiger partial charge < -0.3 is 5.32 Å². The molecule has 0 aliphatic rings. The fraction of sp³-hybridized carbons (Fsp3) is 0.273. The van der Waals surface area contributed by atoms with Crippen LogP contribution in [0.1, 0.15) is 53.9 Å². The van der Waals surface area contributed by atoms with Crippen LogP contribution in [0.4, 0.5) is 0 Å². The Morgan fingerprint density at radius 3 is 2.61 bits per heavy atom. The number of thiophene rings is 1. The lowest BCUT2D eigenvalue weighted by Gasteiger charge is -2.16. The van der Waals surface area contributed by atoms with Gasteiger partial charge in [-0.05, 0) is 29.3 Å². The van der Waals surface area contributed by atoms with Crippen LogP contribution in [0.2, 0.25) is 0 Å². The van der Waals surface area contributed by atoms with Crippen molar-refractivity contribution in [2.45, 2.75) is 38.8 Å². The van der Waals surface area contributed by atoms with Gasteiger partial charge in [0.05, 0.1) is 4.88 Å². The van der Waals surface area contributed by atoms with Gasteiger partial charge in [-0.25, -0.2) is 4.98 Å². The molecular weight excluding hydrogens is 386 g/mol. The zero-order valence-electron chi connectivity index (χ0n) is 16.0. The molecule has 0 unspecified atom stereocenters. The van der Waals surface area contributed by atoms with Crippen molar-refractivity contribution in [1.82, 2.24) is 9.38 Å². The van der Waals surface area contributed by atoms with Crippen LogP contribution in [0.15, 0.2) is 64.2 Å². The quantitative estimate of drug-likeness (QED) is 0.497. The van der Waals surface area contributed by atoms with E-state index in [0.717, 1.165) is 17.1 Å². The molecular formula is C22H24N3OS2+. The van der Waals surface area contributed by atoms with E-state index in [2.05, 4.69) is 65.9 Å². The second kappa shape index (κ2) is 8.39. The molecule has 2 atom stereocenters. The Balaban J connectivity index is 1.59. The summed E-state index contributed by atoms with van der Waals surface area (Å²) in [5, 5.41) is 6.28. The number of benzene rings is 1. The van der Waals surface area contributed by atoms with Crippen LogP contribution in [0.5, 0.6) is 0 Å². The van der Waals surface area contributed by atoms with Crippen molar-refractivity contribution in [3.8, 4) is 0 Å². The predicted octanol–water partition coefficient (Wildman–Crippen LogP) is 4.18. The van der Waals surface area contributed by atoms with Crippen LogP contribution in [-0.2, 0) is 6.54 Å². The van der Waals surface area contributed by atoms with Gasteiger partial charge in [-0.15, -0.1) is 22.7 Å². The molecule has 4 nitrogen and oxygen atoms in total. The molecule has 144 valence electrons. The van der Waals surface area contributed by atoms with Crippen molar-refractivity contribution in [3.05, 3.63) is 91.5 Å². The monoisotopic (exact) mass is 410 g/mol. The lowest BCUT2D eigenvalue weighted by Crippen LogP contribution is -2.84. The van der Waals surface area contributed by atoms with Gasteiger partial charge in [-0.1, -0.05) is 44.2 Å². The number of hydrogen-bond acceptors (Lipinski definition) is 4. The molecule has 0 fully saturated rings. The molecule has 4 aromatic rings. The van der Waals surface area contributed by atoms with Gasteiger partial charge in [0.1, 0.15) is 18.3 Å². The van der Waals surface area contributed by atoms with E-state index in [1.54, 1.807) is 28.0 Å². The average molecular weight is 411 g/mol. The summed E-state index contributed by atoms with van der Waals surface area (Å²) in [6.45, 7) is 5.16. The summed E-state index contributed by atoms with van der Waals surface area (Å²) >= 11 is 3.26. The van der Waals surface area contributed by atoms with Gasteiger partial charge in [0.15, 0.2) is 4.96 Å². The zero-order chi connectivity index (χ0) is 19.5. The summed E-state index contributed by atoms with van der Waals surface area (Å²) in [5.74, 6) is 0.577. The molecule has 6 heteroatoms. The molecule has 0 amide bonds. The van der Waals surface area contributed by atoms with Crippen molar-refractivity contribution in [3.63, 3.8) is 0 Å². The third-order valence-electron chi connectivity index (χ3n) is 5.25. The number of rotatable bonds is 7. The summed E-state index contributed by atoms with van der Waals surface area (Å²) in [4.78, 5) is 19.0. The Hall–Kier alpha value is -2.28. The molecule has 0 spiro atoms. The average Bonchev–Trinajstić information content (AvgIpc) is 3.40. The van der Waals surface area contributed by atoms with Crippen LogP contribution in [0.25, 0.3) is 4.96 Å². The number of nitrogens with zero attached hydrogens (tertiary/aromatic N) is 2. The first-order chi connectivity index (χ1) is 13.7. The second-order valence-corrected chi connectivity index (χ2v) is 8.90. The van der Waals surface area contributed by atoms with Gasteiger partial charge in [0, 0.05) is 23.2 Å². The van der Waals surface area contributed by atoms with Crippen LogP contribution in [0.3, 0.4) is 0 Å². The van der Waals surface area contributed by atoms with Crippen LogP contribution < -0.4 is 10.9 Å². The molecule has 0 saturated carbocycles. The van der Waals surface area contributed by atoms with E-state index < -0.39 is 0 Å². The highest BCUT2D eigenvalue weighted by Gasteiger charge is 2.19. The van der Waals surface area contributed by atoms with Gasteiger partial charge in [-0.2, -0.15) is 0 Å². The van der Waals surface area contributed by atoms with E-state index in [1.165, 1.54) is 27.3 Å². The minimum atomic E-state index is -0.0137. The maximum atomic E-state index is 12.3. The molecule has 1 aromatic carbocycles. The summed E-state index contributed by atoms with van der Waals surface area (Å²) in [7, 11) is 0. The Morgan fingerprint density at radius 1 is 1.11 bits per heavy atom. The Kier molecular flexibility index (Phi) is 5.71. The Bertz CT molecular complexity index is 1100. The molecule has 0 aliphatic carbocycles. The van der Waals surface area contributed by atoms with Crippen molar-refractivity contribution in [2.75, 3.05) is 0 Å². The largest absolute Gasteiger partial charge is 0.331 e. The molecule has 3 heterocycles. The van der Waals surface area contributed by atoms with Crippen molar-refractivity contribution in [2.24, 2.45) is 0 Å². The summed E-state index contributed by atoms with van der Waals surface area (Å²) < 4.78 is 1.60. The predicted molar refractivity (Wildman–Crippen MR) is 116 cm³/mol. The first-order valence-electron chi connectivity index (χ1n) is 9.58. The number of aromatic nitrogens is 2. The van der Waals surface area contributed by atoms with E-state index in [4.69, 9.17) is 0 Å². The van der Waals surface area contributed by atoms with Crippen molar-refractivity contribution in [1.29, 1.82) is 0 Å². The minimum Gasteiger partial charge on any atom is -0.331 e. The topological polar surface area (TPSA) is 51.0 Å². The molecule has 0 radical (unpaired) electrons. The fourth-order valence-corrected chi connectivity index (χ4v) is 4.97. The van der Waals surface area contributed by atoms with Gasteiger partial charge in [0.25, 0.3) is 5.56 Å². The van der Waals surface area contributed by atoms with Gasteiger partial charge in [0.2, 0.25) is 0 Å². The van der Waals surface area contributed by atoms with E-state index in [-0.39, 0.29) is 11.6 Å². The number of fused-ring (bicyclic) bond motifs is 1. The number of nitrogens with two attached hydrogens (primary N) is 1. The molecule has 0 saturated heterocycles. The van der Waals surface area contributed by atoms with E-state index in [9.17, 15) is 4.79 Å². The van der Waals surface area contributed by atoms with Crippen LogP contribution in [0, 0.1) is 0 Å². The molecule has 3 aromatic heterocycles. The summed E-state index contributed by atoms with van der Waals surface area (Å²) in [6.07, 6.45) is 2.92. The van der Waals surface area contributed by atoms with Gasteiger partial charge >= 0.3 is 0 Å². The Labute approximate surface area is 172 Å². The molecule has 0 bridgehead atoms. The third kappa shape index (κ3) is 3.94. The summed E-state index contributed by atoms with van der Waals surface area (Å²) in [5.41, 5.74) is 3.47. The maximum Gasteiger partial charge on any atom is 0.258 e. The number of quaternary nitrogens is 1. The first kappa shape index (κ1) is 19.1. The Morgan fingerprint density at radius 2 is 1.89 bits per heavy atom. The normalized spacial score (nSPS) is 13.6. The first-order valence-corrected chi connectivity index (χ1v) is 11.3. The molecule has 28 heavy (non-hydrogen) atoms. The highest BCUT2D eigenvalue weighted by Crippen LogP contribution is 2.25. The van der Waals surface area contributed by atoms with Gasteiger partial charge in [-0.3, -0.25) is 9.20 Å². The highest BCUT2D eigenvalue weighted by atomic mass is 32.1. The van der Waals surface area contributed by atoms with E-state index >= 15 is 0 Å². The zero-order valence-corrected chi connectivity index (χ0v) is 17.7. The minimum absolute atomic E-state index is 0.0137. The van der Waals surface area contributed by atoms with Crippen molar-refractivity contribution < 1.29 is 5.32 Å². The summed E-state index contributed by atoms with van der Waals surface area (Å²) in [6, 6.07) is 15.1. The fourth-order valence-electron chi connectivity index (χ4n) is 3.38. The maximum absolute atomic E-state index is 12.3. The number of hydrogen-bond donors (Lipinski definition) is 1. The van der Waals surface area contributed by atoms with Crippen LogP contribution >= 0.6 is 22.7 Å². The third-order valence-corrected chi connectivity index (χ3v) is 6.96. The standard InChI is InChI=1S/C22H23N3OS2/c1-3-15(2)16-6-8-17(9-7-16)21(19-5-4-11-27-19)23-14-18-13-20(26)25-10-12-28-22(25)24-18/h4-13,15,21,23H,3,14H2,1-2H3/p+1/t15-,21-/m0/s1. The van der Waals surface area contributed by atoms with Crippen molar-refractivity contribution >= 4 is 27.6 Å². The molecule has 2 N–H and O–H groups in total. The lowest BCUT2D eigenvalue weighted by molar-refractivity contribution is -0.702. The SMILES string of the molecule is CC[C@H](C)c1ccc([C@H]([NH2+]Cc2cc(=O)n3ccsc3n2)c2cccs2)cc1. The van der Waals surface area contributed by atoms with E-state index in [0.29, 0.717) is 12.5 Å². The highest BCUT2D eigenvalue weighted by molar-refractivity contribution is 7.15. The smallest absolute Gasteiger partial charge is 0.258 e. The second-order valence-electron chi connectivity index (χ2n) is 7.05. The lowest BCUT2D eigenvalue weighted by atomic mass is 9.95. The van der Waals surface area contributed by atoms with Crippen LogP contribution in [-0.4, -0.2) is 9.38 Å². The molecule has 0 aliphatic heterocycles. The molecule has 4 rings (SSSR count). The van der Waals surface area contributed by atoms with E-state index in [1.807, 2.05) is 5.38 Å².